The highest BCUT2D eigenvalue weighted by Crippen LogP contribution is 2.09. The first kappa shape index (κ1) is 9.92. The summed E-state index contributed by atoms with van der Waals surface area (Å²) >= 11 is 0. The molecule has 4 heteroatoms. The van der Waals surface area contributed by atoms with Gasteiger partial charge in [0.2, 0.25) is 5.91 Å². The fraction of sp³-hybridized carbons (Fsp3) is 0.556. The minimum absolute atomic E-state index is 0.0525. The van der Waals surface area contributed by atoms with E-state index in [1.165, 1.54) is 6.08 Å². The van der Waals surface area contributed by atoms with Crippen LogP contribution in [0.15, 0.2) is 17.6 Å². The van der Waals surface area contributed by atoms with Crippen LogP contribution in [0, 0.1) is 0 Å². The molecule has 1 rings (SSSR count). The Balaban J connectivity index is 2.56. The second-order valence-corrected chi connectivity index (χ2v) is 3.48. The minimum atomic E-state index is -0.132. The van der Waals surface area contributed by atoms with Crippen molar-refractivity contribution in [3.8, 4) is 0 Å². The third-order valence-corrected chi connectivity index (χ3v) is 2.48. The molecule has 0 bridgehead atoms. The van der Waals surface area contributed by atoms with Crippen LogP contribution in [-0.2, 0) is 4.79 Å². The number of carbonyl (C=O) groups is 1. The summed E-state index contributed by atoms with van der Waals surface area (Å²) in [5.41, 5.74) is 0. The van der Waals surface area contributed by atoms with Gasteiger partial charge >= 0.3 is 0 Å². The van der Waals surface area contributed by atoms with E-state index in [1.807, 2.05) is 20.3 Å². The van der Waals surface area contributed by atoms with Crippen LogP contribution in [0.25, 0.3) is 0 Å². The van der Waals surface area contributed by atoms with E-state index in [0.29, 0.717) is 4.48 Å². The summed E-state index contributed by atoms with van der Waals surface area (Å²) in [4.78, 5) is 15.2. The number of rotatable bonds is 3. The monoisotopic (exact) mass is 182 g/mol. The van der Waals surface area contributed by atoms with E-state index in [1.54, 1.807) is 0 Å². The molecular weight excluding hydrogens is 166 g/mol. The van der Waals surface area contributed by atoms with E-state index in [9.17, 15) is 4.79 Å². The van der Waals surface area contributed by atoms with Crippen molar-refractivity contribution in [1.82, 2.24) is 5.32 Å². The molecule has 0 saturated carbocycles. The van der Waals surface area contributed by atoms with Crippen molar-refractivity contribution in [2.24, 2.45) is 4.99 Å². The number of nitrogens with one attached hydrogen (secondary N) is 1. The van der Waals surface area contributed by atoms with Crippen molar-refractivity contribution >= 4 is 12.2 Å². The Bertz CT molecular complexity index is 249. The maximum Gasteiger partial charge on any atom is 0.247 e. The van der Waals surface area contributed by atoms with Crippen molar-refractivity contribution in [2.45, 2.75) is 13.1 Å². The van der Waals surface area contributed by atoms with E-state index in [0.717, 1.165) is 13.1 Å². The first-order valence-electron chi connectivity index (χ1n) is 4.37. The fourth-order valence-electron chi connectivity index (χ4n) is 1.28. The third kappa shape index (κ3) is 2.15. The number of likely N-dealkylation sites (N-methyl/N-ethyl adjacent to an activating group) is 1. The van der Waals surface area contributed by atoms with E-state index in [4.69, 9.17) is 0 Å². The van der Waals surface area contributed by atoms with Crippen LogP contribution in [0.2, 0.25) is 0 Å². The first-order valence-corrected chi connectivity index (χ1v) is 4.37. The molecule has 0 aliphatic carbocycles. The Morgan fingerprint density at radius 3 is 3.00 bits per heavy atom. The molecular formula is C9H16N3O+. The molecule has 0 radical (unpaired) electrons. The lowest BCUT2D eigenvalue weighted by Gasteiger charge is -2.31. The average Bonchev–Trinajstić information content (AvgIpc) is 2.53. The van der Waals surface area contributed by atoms with Gasteiger partial charge in [0.25, 0.3) is 0 Å². The summed E-state index contributed by atoms with van der Waals surface area (Å²) in [7, 11) is 2.05. The fourth-order valence-corrected chi connectivity index (χ4v) is 1.28. The predicted molar refractivity (Wildman–Crippen MR) is 52.2 cm³/mol. The van der Waals surface area contributed by atoms with Gasteiger partial charge in [0.15, 0.2) is 12.5 Å². The van der Waals surface area contributed by atoms with Gasteiger partial charge in [-0.15, -0.1) is 0 Å². The Kier molecular flexibility index (Phi) is 2.83. The molecule has 0 spiro atoms. The van der Waals surface area contributed by atoms with E-state index in [2.05, 4.69) is 16.9 Å². The van der Waals surface area contributed by atoms with Crippen LogP contribution in [-0.4, -0.2) is 43.0 Å². The second-order valence-electron chi connectivity index (χ2n) is 3.48. The maximum atomic E-state index is 11.0. The molecule has 0 fully saturated rings. The normalized spacial score (nSPS) is 28.5. The number of carbonyl (C=O) groups excluding carboxylic acids is 1. The van der Waals surface area contributed by atoms with Gasteiger partial charge in [-0.3, -0.25) is 9.28 Å². The highest BCUT2D eigenvalue weighted by molar-refractivity contribution is 5.86. The number of quaternary nitrogens is 1. The van der Waals surface area contributed by atoms with Gasteiger partial charge < -0.3 is 5.32 Å². The first-order chi connectivity index (χ1) is 6.08. The number of nitrogens with zero attached hydrogens (tertiary/aromatic N) is 2. The standard InChI is InChI=1S/C9H15N3O/c1-4-9(13)11-8(2)12(3)6-5-10-7-12/h4,7-8H,1,5-6H2,2-3H3/p+1. The Labute approximate surface area is 78.5 Å². The summed E-state index contributed by atoms with van der Waals surface area (Å²) in [6.07, 6.45) is 3.22. The van der Waals surface area contributed by atoms with E-state index >= 15 is 0 Å². The van der Waals surface area contributed by atoms with Crippen molar-refractivity contribution in [3.05, 3.63) is 12.7 Å². The van der Waals surface area contributed by atoms with Gasteiger partial charge in [0.1, 0.15) is 6.54 Å². The SMILES string of the molecule is C=CC(=O)NC(C)[N+]1(C)C=NCC1. The highest BCUT2D eigenvalue weighted by Gasteiger charge is 2.31. The van der Waals surface area contributed by atoms with Gasteiger partial charge in [0.05, 0.1) is 13.6 Å². The minimum Gasteiger partial charge on any atom is -0.303 e. The number of hydrogen-bond acceptors (Lipinski definition) is 2. The van der Waals surface area contributed by atoms with Crippen molar-refractivity contribution in [1.29, 1.82) is 0 Å². The maximum absolute atomic E-state index is 11.0. The van der Waals surface area contributed by atoms with Gasteiger partial charge in [-0.2, -0.15) is 0 Å². The average molecular weight is 182 g/mol. The lowest BCUT2D eigenvalue weighted by Crippen LogP contribution is -2.56. The molecule has 1 amide bonds. The van der Waals surface area contributed by atoms with Crippen molar-refractivity contribution in [3.63, 3.8) is 0 Å². The summed E-state index contributed by atoms with van der Waals surface area (Å²) in [6, 6.07) is 0. The Morgan fingerprint density at radius 1 is 1.85 bits per heavy atom. The molecule has 0 aromatic rings. The molecule has 13 heavy (non-hydrogen) atoms. The summed E-state index contributed by atoms with van der Waals surface area (Å²) in [5, 5.41) is 2.84. The summed E-state index contributed by atoms with van der Waals surface area (Å²) in [6.45, 7) is 7.16. The Hall–Kier alpha value is -1.16. The molecule has 72 valence electrons. The molecule has 0 aromatic heterocycles. The molecule has 0 saturated heterocycles. The lowest BCUT2D eigenvalue weighted by atomic mass is 10.3. The van der Waals surface area contributed by atoms with Crippen LogP contribution in [0.4, 0.5) is 0 Å². The van der Waals surface area contributed by atoms with Gasteiger partial charge in [-0.05, 0) is 6.08 Å². The number of amides is 1. The highest BCUT2D eigenvalue weighted by atomic mass is 16.1. The molecule has 4 nitrogen and oxygen atoms in total. The van der Waals surface area contributed by atoms with Crippen molar-refractivity contribution < 1.29 is 9.28 Å². The quantitative estimate of drug-likeness (QED) is 0.489. The number of aliphatic imine (C=N–C) groups is 1. The zero-order chi connectivity index (χ0) is 9.90. The molecule has 1 aliphatic rings. The summed E-state index contributed by atoms with van der Waals surface area (Å²) in [5.74, 6) is -0.132. The van der Waals surface area contributed by atoms with Gasteiger partial charge in [-0.25, -0.2) is 4.99 Å². The van der Waals surface area contributed by atoms with Crippen LogP contribution in [0.1, 0.15) is 6.92 Å². The molecule has 2 atom stereocenters. The third-order valence-electron chi connectivity index (χ3n) is 2.48. The Morgan fingerprint density at radius 2 is 2.54 bits per heavy atom. The second kappa shape index (κ2) is 3.70. The predicted octanol–water partition coefficient (Wildman–Crippen LogP) is 0.123. The van der Waals surface area contributed by atoms with Crippen LogP contribution >= 0.6 is 0 Å². The smallest absolute Gasteiger partial charge is 0.247 e. The van der Waals surface area contributed by atoms with Crippen LogP contribution < -0.4 is 5.32 Å². The molecule has 0 aromatic carbocycles. The molecule has 1 N–H and O–H groups in total. The van der Waals surface area contributed by atoms with Gasteiger partial charge in [-0.1, -0.05) is 6.58 Å². The molecule has 1 aliphatic heterocycles. The molecule has 2 unspecified atom stereocenters. The van der Waals surface area contributed by atoms with Crippen molar-refractivity contribution in [2.75, 3.05) is 20.1 Å². The van der Waals surface area contributed by atoms with Gasteiger partial charge in [0, 0.05) is 6.92 Å². The summed E-state index contributed by atoms with van der Waals surface area (Å²) < 4.78 is 0.666. The van der Waals surface area contributed by atoms with Crippen LogP contribution in [0.5, 0.6) is 0 Å². The van der Waals surface area contributed by atoms with E-state index < -0.39 is 0 Å². The zero-order valence-corrected chi connectivity index (χ0v) is 8.16. The topological polar surface area (TPSA) is 41.5 Å². The molecule has 1 heterocycles. The zero-order valence-electron chi connectivity index (χ0n) is 8.16. The largest absolute Gasteiger partial charge is 0.303 e. The number of hydrogen-bond donors (Lipinski definition) is 1. The lowest BCUT2D eigenvalue weighted by molar-refractivity contribution is -0.835. The van der Waals surface area contributed by atoms with E-state index in [-0.39, 0.29) is 12.1 Å². The van der Waals surface area contributed by atoms with Crippen LogP contribution in [0.3, 0.4) is 0 Å².